The second kappa shape index (κ2) is 6.60. The van der Waals surface area contributed by atoms with Crippen molar-refractivity contribution in [3.05, 3.63) is 28.8 Å². The highest BCUT2D eigenvalue weighted by atomic mass is 35.5. The Balaban J connectivity index is 1.77. The minimum Gasteiger partial charge on any atom is -0.342 e. The van der Waals surface area contributed by atoms with Crippen molar-refractivity contribution >= 4 is 27.5 Å². The molecular formula is C17H20ClN3O3S. The van der Waals surface area contributed by atoms with E-state index in [1.54, 1.807) is 0 Å². The lowest BCUT2D eigenvalue weighted by Gasteiger charge is -2.38. The maximum Gasteiger partial charge on any atom is 0.244 e. The summed E-state index contributed by atoms with van der Waals surface area (Å²) in [7, 11) is -3.70. The first kappa shape index (κ1) is 18.2. The molecule has 0 bridgehead atoms. The van der Waals surface area contributed by atoms with Crippen LogP contribution in [-0.4, -0.2) is 49.7 Å². The molecule has 1 aromatic carbocycles. The van der Waals surface area contributed by atoms with E-state index in [2.05, 4.69) is 0 Å². The summed E-state index contributed by atoms with van der Waals surface area (Å²) in [5.41, 5.74) is 0.221. The van der Waals surface area contributed by atoms with Crippen molar-refractivity contribution in [3.63, 3.8) is 0 Å². The molecular weight excluding hydrogens is 362 g/mol. The van der Waals surface area contributed by atoms with Gasteiger partial charge in [-0.2, -0.15) is 9.57 Å². The van der Waals surface area contributed by atoms with E-state index >= 15 is 0 Å². The quantitative estimate of drug-likeness (QED) is 0.804. The van der Waals surface area contributed by atoms with Crippen LogP contribution in [-0.2, 0) is 14.8 Å². The fraction of sp³-hybridized carbons (Fsp3) is 0.529. The summed E-state index contributed by atoms with van der Waals surface area (Å²) in [5, 5.41) is 8.95. The van der Waals surface area contributed by atoms with E-state index in [1.165, 1.54) is 22.5 Å². The number of nitrogens with zero attached hydrogens (tertiary/aromatic N) is 3. The summed E-state index contributed by atoms with van der Waals surface area (Å²) in [5.74, 6) is 0.161. The van der Waals surface area contributed by atoms with Crippen LogP contribution in [0.15, 0.2) is 23.1 Å². The molecule has 0 saturated carbocycles. The lowest BCUT2D eigenvalue weighted by atomic mass is 9.78. The van der Waals surface area contributed by atoms with E-state index in [0.29, 0.717) is 51.0 Å². The van der Waals surface area contributed by atoms with Crippen LogP contribution < -0.4 is 0 Å². The Morgan fingerprint density at radius 2 is 2.00 bits per heavy atom. The predicted molar refractivity (Wildman–Crippen MR) is 93.5 cm³/mol. The Bertz CT molecular complexity index is 839. The number of sulfonamides is 1. The standard InChI is InChI=1S/C17H20ClN3O3S/c1-2-20-12-17(10-16(20)22)5-7-21(8-6-17)25(23,24)15-4-3-13(11-19)9-14(15)18/h3-4,9H,2,5-8,10,12H2,1H3. The third-order valence-electron chi connectivity index (χ3n) is 5.25. The third kappa shape index (κ3) is 3.26. The zero-order valence-corrected chi connectivity index (χ0v) is 15.6. The molecule has 6 nitrogen and oxygen atoms in total. The number of piperidine rings is 1. The van der Waals surface area contributed by atoms with Gasteiger partial charge < -0.3 is 4.90 Å². The molecule has 1 amide bonds. The van der Waals surface area contributed by atoms with E-state index in [1.807, 2.05) is 17.9 Å². The van der Waals surface area contributed by atoms with Crippen LogP contribution in [0, 0.1) is 16.7 Å². The van der Waals surface area contributed by atoms with Gasteiger partial charge in [0, 0.05) is 32.6 Å². The highest BCUT2D eigenvalue weighted by Crippen LogP contribution is 2.42. The summed E-state index contributed by atoms with van der Waals surface area (Å²) < 4.78 is 27.2. The molecule has 3 rings (SSSR count). The van der Waals surface area contributed by atoms with Crippen molar-refractivity contribution in [1.82, 2.24) is 9.21 Å². The largest absolute Gasteiger partial charge is 0.342 e. The third-order valence-corrected chi connectivity index (χ3v) is 7.63. The van der Waals surface area contributed by atoms with Gasteiger partial charge in [-0.25, -0.2) is 8.42 Å². The molecule has 2 heterocycles. The minimum absolute atomic E-state index is 0.0294. The van der Waals surface area contributed by atoms with Gasteiger partial charge in [-0.15, -0.1) is 0 Å². The van der Waals surface area contributed by atoms with Gasteiger partial charge in [-0.3, -0.25) is 4.79 Å². The maximum atomic E-state index is 12.9. The Hall–Kier alpha value is -1.62. The number of rotatable bonds is 3. The van der Waals surface area contributed by atoms with Crippen LogP contribution in [0.3, 0.4) is 0 Å². The average molecular weight is 382 g/mol. The number of carbonyl (C=O) groups is 1. The fourth-order valence-electron chi connectivity index (χ4n) is 3.72. The molecule has 2 aliphatic rings. The Morgan fingerprint density at radius 1 is 1.32 bits per heavy atom. The van der Waals surface area contributed by atoms with Crippen molar-refractivity contribution in [2.75, 3.05) is 26.2 Å². The topological polar surface area (TPSA) is 81.5 Å². The van der Waals surface area contributed by atoms with Gasteiger partial charge in [0.2, 0.25) is 15.9 Å². The second-order valence-corrected chi connectivity index (χ2v) is 9.06. The first-order chi connectivity index (χ1) is 11.8. The zero-order valence-electron chi connectivity index (χ0n) is 14.0. The van der Waals surface area contributed by atoms with Crippen LogP contribution in [0.5, 0.6) is 0 Å². The van der Waals surface area contributed by atoms with Gasteiger partial charge in [-0.1, -0.05) is 11.6 Å². The smallest absolute Gasteiger partial charge is 0.244 e. The Labute approximate surface area is 153 Å². The monoisotopic (exact) mass is 381 g/mol. The lowest BCUT2D eigenvalue weighted by Crippen LogP contribution is -2.44. The molecule has 1 aromatic rings. The van der Waals surface area contributed by atoms with Crippen LogP contribution >= 0.6 is 11.6 Å². The number of hydrogen-bond donors (Lipinski definition) is 0. The van der Waals surface area contributed by atoms with Gasteiger partial charge in [0.15, 0.2) is 0 Å². The number of hydrogen-bond acceptors (Lipinski definition) is 4. The number of halogens is 1. The maximum absolute atomic E-state index is 12.9. The molecule has 0 unspecified atom stereocenters. The van der Waals surface area contributed by atoms with Crippen LogP contribution in [0.25, 0.3) is 0 Å². The second-order valence-electron chi connectivity index (χ2n) is 6.75. The molecule has 25 heavy (non-hydrogen) atoms. The van der Waals surface area contributed by atoms with E-state index in [0.717, 1.165) is 0 Å². The molecule has 0 atom stereocenters. The van der Waals surface area contributed by atoms with Crippen molar-refractivity contribution < 1.29 is 13.2 Å². The van der Waals surface area contributed by atoms with Crippen molar-refractivity contribution in [1.29, 1.82) is 5.26 Å². The van der Waals surface area contributed by atoms with Gasteiger partial charge >= 0.3 is 0 Å². The fourth-order valence-corrected chi connectivity index (χ4v) is 5.68. The lowest BCUT2D eigenvalue weighted by molar-refractivity contribution is -0.127. The zero-order chi connectivity index (χ0) is 18.2. The number of likely N-dealkylation sites (tertiary alicyclic amines) is 1. The number of amides is 1. The van der Waals surface area contributed by atoms with E-state index in [4.69, 9.17) is 16.9 Å². The van der Waals surface area contributed by atoms with E-state index < -0.39 is 10.0 Å². The van der Waals surface area contributed by atoms with Crippen LogP contribution in [0.4, 0.5) is 0 Å². The van der Waals surface area contributed by atoms with Crippen molar-refractivity contribution in [2.24, 2.45) is 5.41 Å². The minimum atomic E-state index is -3.70. The van der Waals surface area contributed by atoms with Crippen LogP contribution in [0.1, 0.15) is 31.7 Å². The van der Waals surface area contributed by atoms with Gasteiger partial charge in [0.25, 0.3) is 0 Å². The van der Waals surface area contributed by atoms with Gasteiger partial charge in [0.05, 0.1) is 16.7 Å². The SMILES string of the molecule is CCN1CC2(CCN(S(=O)(=O)c3ccc(C#N)cc3Cl)CC2)CC1=O. The summed E-state index contributed by atoms with van der Waals surface area (Å²) >= 11 is 6.08. The predicted octanol–water partition coefficient (Wildman–Crippen LogP) is 2.23. The summed E-state index contributed by atoms with van der Waals surface area (Å²) in [6.07, 6.45) is 1.84. The molecule has 8 heteroatoms. The first-order valence-corrected chi connectivity index (χ1v) is 10.1. The van der Waals surface area contributed by atoms with Gasteiger partial charge in [0.1, 0.15) is 4.90 Å². The molecule has 0 radical (unpaired) electrons. The molecule has 0 aliphatic carbocycles. The first-order valence-electron chi connectivity index (χ1n) is 8.29. The average Bonchev–Trinajstić information content (AvgIpc) is 2.90. The molecule has 0 N–H and O–H groups in total. The molecule has 0 aromatic heterocycles. The molecule has 2 saturated heterocycles. The van der Waals surface area contributed by atoms with Crippen LogP contribution in [0.2, 0.25) is 5.02 Å². The number of nitriles is 1. The molecule has 1 spiro atoms. The normalized spacial score (nSPS) is 20.8. The van der Waals surface area contributed by atoms with Crippen molar-refractivity contribution in [3.8, 4) is 6.07 Å². The Kier molecular flexibility index (Phi) is 4.80. The van der Waals surface area contributed by atoms with E-state index in [9.17, 15) is 13.2 Å². The molecule has 2 aliphatic heterocycles. The van der Waals surface area contributed by atoms with E-state index in [-0.39, 0.29) is 21.2 Å². The molecule has 134 valence electrons. The summed E-state index contributed by atoms with van der Waals surface area (Å²) in [6, 6.07) is 6.16. The number of carbonyl (C=O) groups excluding carboxylic acids is 1. The van der Waals surface area contributed by atoms with Gasteiger partial charge in [-0.05, 0) is 43.4 Å². The van der Waals surface area contributed by atoms with Crippen molar-refractivity contribution in [2.45, 2.75) is 31.1 Å². The molecule has 2 fully saturated rings. The Morgan fingerprint density at radius 3 is 2.52 bits per heavy atom. The number of benzene rings is 1. The highest BCUT2D eigenvalue weighted by molar-refractivity contribution is 7.89. The summed E-state index contributed by atoms with van der Waals surface area (Å²) in [6.45, 7) is 4.13. The highest BCUT2D eigenvalue weighted by Gasteiger charge is 2.46. The summed E-state index contributed by atoms with van der Waals surface area (Å²) in [4.78, 5) is 13.9.